The molecule has 0 bridgehead atoms. The Morgan fingerprint density at radius 3 is 1.16 bits per heavy atom. The second kappa shape index (κ2) is 20.6. The summed E-state index contributed by atoms with van der Waals surface area (Å²) in [7, 11) is 4.74. The molecule has 0 fully saturated rings. The van der Waals surface area contributed by atoms with Crippen LogP contribution in [0.2, 0.25) is 0 Å². The molecule has 0 saturated heterocycles. The van der Waals surface area contributed by atoms with E-state index in [0.29, 0.717) is 0 Å². The van der Waals surface area contributed by atoms with Crippen molar-refractivity contribution in [2.75, 3.05) is 20.6 Å². The van der Waals surface area contributed by atoms with Gasteiger partial charge in [-0.3, -0.25) is 0 Å². The predicted molar refractivity (Wildman–Crippen MR) is 169 cm³/mol. The Kier molecular flexibility index (Phi) is 17.2. The molecule has 0 aliphatic rings. The van der Waals surface area contributed by atoms with Gasteiger partial charge < -0.3 is 4.48 Å². The van der Waals surface area contributed by atoms with Crippen LogP contribution < -0.4 is 0 Å². The topological polar surface area (TPSA) is 0 Å². The first-order valence-corrected chi connectivity index (χ1v) is 15.6. The Balaban J connectivity index is 0.000000347. The van der Waals surface area contributed by atoms with Gasteiger partial charge in [0.15, 0.2) is 0 Å². The van der Waals surface area contributed by atoms with E-state index in [1.54, 1.807) is 0 Å². The molecular formula is C37H56N+. The van der Waals surface area contributed by atoms with Crippen LogP contribution in [0.4, 0.5) is 0 Å². The van der Waals surface area contributed by atoms with Crippen LogP contribution in [0.15, 0.2) is 91.0 Å². The molecule has 1 nitrogen and oxygen atoms in total. The molecule has 38 heavy (non-hydrogen) atoms. The van der Waals surface area contributed by atoms with Crippen molar-refractivity contribution in [1.29, 1.82) is 0 Å². The van der Waals surface area contributed by atoms with Crippen molar-refractivity contribution in [1.82, 2.24) is 0 Å². The third kappa shape index (κ3) is 15.8. The molecule has 1 heteroatoms. The van der Waals surface area contributed by atoms with Gasteiger partial charge in [-0.1, -0.05) is 175 Å². The SMILES string of the molecule is CCCCCCCCCCCCCCCC[N+](C)(C)Cc1ccccc1.c1ccc(-c2ccccc2)cc1. The zero-order valence-electron chi connectivity index (χ0n) is 24.9. The van der Waals surface area contributed by atoms with Crippen LogP contribution in [0.3, 0.4) is 0 Å². The lowest BCUT2D eigenvalue weighted by Gasteiger charge is -2.30. The van der Waals surface area contributed by atoms with Crippen molar-refractivity contribution in [2.45, 2.75) is 103 Å². The largest absolute Gasteiger partial charge is 0.325 e. The van der Waals surface area contributed by atoms with Crippen molar-refractivity contribution in [3.05, 3.63) is 96.6 Å². The van der Waals surface area contributed by atoms with Crippen molar-refractivity contribution in [3.63, 3.8) is 0 Å². The average Bonchev–Trinajstić information content (AvgIpc) is 2.95. The van der Waals surface area contributed by atoms with Crippen LogP contribution in [0.5, 0.6) is 0 Å². The third-order valence-electron chi connectivity index (χ3n) is 7.45. The van der Waals surface area contributed by atoms with Crippen molar-refractivity contribution >= 4 is 0 Å². The molecule has 0 saturated carbocycles. The van der Waals surface area contributed by atoms with Gasteiger partial charge in [-0.05, 0) is 24.0 Å². The standard InChI is InChI=1S/C25H46N.C12H10/c1-4-5-6-7-8-9-10-11-12-13-14-15-16-20-23-26(2,3)24-25-21-18-17-19-22-25;1-3-7-11(8-4-1)12-9-5-2-6-10-12/h17-19,21-22H,4-16,20,23-24H2,1-3H3;1-10H/q+1;. The molecule has 0 atom stereocenters. The number of quaternary nitrogens is 1. The summed E-state index contributed by atoms with van der Waals surface area (Å²) in [6.45, 7) is 4.75. The van der Waals surface area contributed by atoms with E-state index in [1.165, 1.54) is 113 Å². The Morgan fingerprint density at radius 1 is 0.421 bits per heavy atom. The van der Waals surface area contributed by atoms with Crippen molar-refractivity contribution < 1.29 is 4.48 Å². The van der Waals surface area contributed by atoms with Gasteiger partial charge in [0.05, 0.1) is 20.6 Å². The van der Waals surface area contributed by atoms with Gasteiger partial charge in [0.25, 0.3) is 0 Å². The van der Waals surface area contributed by atoms with Gasteiger partial charge in [0, 0.05) is 5.56 Å². The molecule has 0 aromatic heterocycles. The quantitative estimate of drug-likeness (QED) is 0.117. The number of hydrogen-bond donors (Lipinski definition) is 0. The number of rotatable bonds is 18. The van der Waals surface area contributed by atoms with Gasteiger partial charge in [-0.2, -0.15) is 0 Å². The molecule has 0 aliphatic heterocycles. The lowest BCUT2D eigenvalue weighted by molar-refractivity contribution is -0.903. The summed E-state index contributed by atoms with van der Waals surface area (Å²) >= 11 is 0. The fourth-order valence-electron chi connectivity index (χ4n) is 5.15. The van der Waals surface area contributed by atoms with Gasteiger partial charge in [0.2, 0.25) is 0 Å². The highest BCUT2D eigenvalue weighted by Crippen LogP contribution is 2.17. The zero-order valence-corrected chi connectivity index (χ0v) is 24.9. The molecule has 0 aliphatic carbocycles. The monoisotopic (exact) mass is 514 g/mol. The van der Waals surface area contributed by atoms with E-state index in [-0.39, 0.29) is 0 Å². The fourth-order valence-corrected chi connectivity index (χ4v) is 5.15. The maximum atomic E-state index is 2.37. The summed E-state index contributed by atoms with van der Waals surface area (Å²) in [5, 5.41) is 0. The highest BCUT2D eigenvalue weighted by Gasteiger charge is 2.14. The van der Waals surface area contributed by atoms with E-state index in [0.717, 1.165) is 11.0 Å². The lowest BCUT2D eigenvalue weighted by Crippen LogP contribution is -2.39. The number of unbranched alkanes of at least 4 members (excludes halogenated alkanes) is 13. The highest BCUT2D eigenvalue weighted by molar-refractivity contribution is 5.62. The zero-order chi connectivity index (χ0) is 27.2. The summed E-state index contributed by atoms with van der Waals surface area (Å²) in [4.78, 5) is 0. The van der Waals surface area contributed by atoms with Crippen LogP contribution in [0, 0.1) is 0 Å². The maximum Gasteiger partial charge on any atom is 0.104 e. The van der Waals surface area contributed by atoms with E-state index < -0.39 is 0 Å². The summed E-state index contributed by atoms with van der Waals surface area (Å²) in [5.74, 6) is 0. The highest BCUT2D eigenvalue weighted by atomic mass is 15.3. The van der Waals surface area contributed by atoms with Crippen LogP contribution in [0.25, 0.3) is 11.1 Å². The third-order valence-corrected chi connectivity index (χ3v) is 7.45. The normalized spacial score (nSPS) is 11.1. The molecule has 0 amide bonds. The summed E-state index contributed by atoms with van der Waals surface area (Å²) in [6.07, 6.45) is 20.2. The van der Waals surface area contributed by atoms with E-state index in [1.807, 2.05) is 12.1 Å². The molecule has 3 aromatic carbocycles. The molecule has 208 valence electrons. The molecule has 3 aromatic rings. The first-order valence-electron chi connectivity index (χ1n) is 15.6. The number of benzene rings is 3. The predicted octanol–water partition coefficient (Wildman–Crippen LogP) is 11.1. The second-order valence-corrected chi connectivity index (χ2v) is 11.6. The fraction of sp³-hybridized carbons (Fsp3) is 0.514. The van der Waals surface area contributed by atoms with Crippen molar-refractivity contribution in [3.8, 4) is 11.1 Å². The molecule has 0 N–H and O–H groups in total. The van der Waals surface area contributed by atoms with Crippen LogP contribution in [-0.4, -0.2) is 25.1 Å². The summed E-state index contributed by atoms with van der Waals surface area (Å²) < 4.78 is 1.11. The first kappa shape index (κ1) is 31.8. The van der Waals surface area contributed by atoms with Gasteiger partial charge in [0.1, 0.15) is 6.54 Å². The van der Waals surface area contributed by atoms with E-state index in [2.05, 4.69) is 99.9 Å². The number of hydrogen-bond acceptors (Lipinski definition) is 0. The molecule has 0 heterocycles. The minimum Gasteiger partial charge on any atom is -0.325 e. The number of nitrogens with zero attached hydrogens (tertiary/aromatic N) is 1. The molecule has 0 unspecified atom stereocenters. The smallest absolute Gasteiger partial charge is 0.104 e. The Hall–Kier alpha value is -2.38. The maximum absolute atomic E-state index is 2.37. The van der Waals surface area contributed by atoms with Gasteiger partial charge in [-0.25, -0.2) is 0 Å². The second-order valence-electron chi connectivity index (χ2n) is 11.6. The summed E-state index contributed by atoms with van der Waals surface area (Å²) in [5.41, 5.74) is 4.01. The molecule has 0 radical (unpaired) electrons. The Labute approximate surface area is 235 Å². The molecule has 0 spiro atoms. The minimum atomic E-state index is 1.11. The molecule has 3 rings (SSSR count). The van der Waals surface area contributed by atoms with Crippen LogP contribution in [-0.2, 0) is 6.54 Å². The Bertz CT molecular complexity index is 864. The first-order chi connectivity index (χ1) is 18.6. The van der Waals surface area contributed by atoms with Crippen LogP contribution >= 0.6 is 0 Å². The minimum absolute atomic E-state index is 1.11. The van der Waals surface area contributed by atoms with Gasteiger partial charge in [-0.15, -0.1) is 0 Å². The van der Waals surface area contributed by atoms with Crippen molar-refractivity contribution in [2.24, 2.45) is 0 Å². The van der Waals surface area contributed by atoms with Crippen LogP contribution in [0.1, 0.15) is 102 Å². The van der Waals surface area contributed by atoms with Gasteiger partial charge >= 0.3 is 0 Å². The average molecular weight is 515 g/mol. The lowest BCUT2D eigenvalue weighted by atomic mass is 10.0. The van der Waals surface area contributed by atoms with E-state index >= 15 is 0 Å². The van der Waals surface area contributed by atoms with E-state index in [9.17, 15) is 0 Å². The summed E-state index contributed by atoms with van der Waals surface area (Å²) in [6, 6.07) is 31.7. The molecular weight excluding hydrogens is 458 g/mol. The van der Waals surface area contributed by atoms with E-state index in [4.69, 9.17) is 0 Å². The Morgan fingerprint density at radius 2 is 0.763 bits per heavy atom.